The highest BCUT2D eigenvalue weighted by Crippen LogP contribution is 2.37. The standard InChI is InChI=1S/C7H2F3NO2S/c8-7(9,10)4-3(1-11)2-14-5(4)6(12)13/h2H,(H,12,13). The van der Waals surface area contributed by atoms with Crippen molar-refractivity contribution in [2.45, 2.75) is 6.18 Å². The van der Waals surface area contributed by atoms with Crippen molar-refractivity contribution < 1.29 is 23.1 Å². The van der Waals surface area contributed by atoms with Gasteiger partial charge in [0.2, 0.25) is 0 Å². The van der Waals surface area contributed by atoms with E-state index in [9.17, 15) is 18.0 Å². The van der Waals surface area contributed by atoms with Crippen molar-refractivity contribution in [3.63, 3.8) is 0 Å². The summed E-state index contributed by atoms with van der Waals surface area (Å²) in [5.74, 6) is -1.68. The molecule has 1 heterocycles. The van der Waals surface area contributed by atoms with Crippen LogP contribution in [-0.2, 0) is 6.18 Å². The van der Waals surface area contributed by atoms with E-state index in [4.69, 9.17) is 10.4 Å². The van der Waals surface area contributed by atoms with Gasteiger partial charge >= 0.3 is 12.1 Å². The quantitative estimate of drug-likeness (QED) is 0.791. The van der Waals surface area contributed by atoms with E-state index in [1.54, 1.807) is 0 Å². The number of hydrogen-bond donors (Lipinski definition) is 1. The van der Waals surface area contributed by atoms with Gasteiger partial charge in [0, 0.05) is 5.38 Å². The number of carboxylic acids is 1. The van der Waals surface area contributed by atoms with Crippen molar-refractivity contribution in [2.24, 2.45) is 0 Å². The Morgan fingerprint density at radius 1 is 1.57 bits per heavy atom. The molecule has 1 aromatic heterocycles. The molecule has 0 atom stereocenters. The first-order valence-electron chi connectivity index (χ1n) is 3.20. The Hall–Kier alpha value is -1.55. The highest BCUT2D eigenvalue weighted by molar-refractivity contribution is 7.12. The molecule has 1 N–H and O–H groups in total. The summed E-state index contributed by atoms with van der Waals surface area (Å²) in [6.45, 7) is 0. The molecule has 1 rings (SSSR count). The molecule has 0 spiro atoms. The fourth-order valence-corrected chi connectivity index (χ4v) is 1.73. The predicted octanol–water partition coefficient (Wildman–Crippen LogP) is 2.34. The summed E-state index contributed by atoms with van der Waals surface area (Å²) in [5, 5.41) is 17.7. The third-order valence-corrected chi connectivity index (χ3v) is 2.36. The van der Waals surface area contributed by atoms with E-state index in [0.29, 0.717) is 11.3 Å². The predicted molar refractivity (Wildman–Crippen MR) is 41.0 cm³/mol. The molecule has 0 amide bonds. The largest absolute Gasteiger partial charge is 0.477 e. The molecule has 0 aliphatic rings. The van der Waals surface area contributed by atoms with Crippen LogP contribution in [0.3, 0.4) is 0 Å². The first-order chi connectivity index (χ1) is 6.38. The lowest BCUT2D eigenvalue weighted by Crippen LogP contribution is -2.11. The van der Waals surface area contributed by atoms with E-state index in [1.807, 2.05) is 0 Å². The third kappa shape index (κ3) is 1.70. The molecule has 14 heavy (non-hydrogen) atoms. The second-order valence-electron chi connectivity index (χ2n) is 2.27. The van der Waals surface area contributed by atoms with Crippen LogP contribution in [0.2, 0.25) is 0 Å². The van der Waals surface area contributed by atoms with Crippen molar-refractivity contribution in [2.75, 3.05) is 0 Å². The van der Waals surface area contributed by atoms with Crippen LogP contribution in [0.1, 0.15) is 20.8 Å². The van der Waals surface area contributed by atoms with Gasteiger partial charge in [-0.2, -0.15) is 18.4 Å². The number of rotatable bonds is 1. The summed E-state index contributed by atoms with van der Waals surface area (Å²) in [6.07, 6.45) is -4.81. The maximum absolute atomic E-state index is 12.3. The zero-order chi connectivity index (χ0) is 10.9. The van der Waals surface area contributed by atoms with Crippen LogP contribution in [0.4, 0.5) is 13.2 Å². The maximum atomic E-state index is 12.3. The molecule has 0 bridgehead atoms. The minimum Gasteiger partial charge on any atom is -0.477 e. The van der Waals surface area contributed by atoms with Gasteiger partial charge < -0.3 is 5.11 Å². The fourth-order valence-electron chi connectivity index (χ4n) is 0.879. The number of aromatic carboxylic acids is 1. The SMILES string of the molecule is N#Cc1csc(C(=O)O)c1C(F)(F)F. The minimum absolute atomic E-state index is 0.394. The molecule has 0 aromatic carbocycles. The van der Waals surface area contributed by atoms with E-state index in [-0.39, 0.29) is 0 Å². The van der Waals surface area contributed by atoms with Crippen molar-refractivity contribution in [1.82, 2.24) is 0 Å². The van der Waals surface area contributed by atoms with Gasteiger partial charge in [-0.05, 0) is 0 Å². The molecule has 0 aliphatic carbocycles. The third-order valence-electron chi connectivity index (χ3n) is 1.39. The molecule has 0 unspecified atom stereocenters. The molecule has 74 valence electrons. The number of alkyl halides is 3. The molecule has 0 saturated heterocycles. The van der Waals surface area contributed by atoms with Crippen LogP contribution in [0.25, 0.3) is 0 Å². The first kappa shape index (κ1) is 10.5. The van der Waals surface area contributed by atoms with Crippen molar-refractivity contribution in [1.29, 1.82) is 5.26 Å². The molecule has 0 saturated carbocycles. The van der Waals surface area contributed by atoms with Gasteiger partial charge in [-0.25, -0.2) is 4.79 Å². The van der Waals surface area contributed by atoms with E-state index < -0.39 is 28.1 Å². The fraction of sp³-hybridized carbons (Fsp3) is 0.143. The zero-order valence-electron chi connectivity index (χ0n) is 6.42. The highest BCUT2D eigenvalue weighted by Gasteiger charge is 2.39. The summed E-state index contributed by atoms with van der Waals surface area (Å²) < 4.78 is 36.8. The minimum atomic E-state index is -4.81. The molecule has 0 fully saturated rings. The van der Waals surface area contributed by atoms with Crippen LogP contribution in [0, 0.1) is 11.3 Å². The second-order valence-corrected chi connectivity index (χ2v) is 3.15. The molecular weight excluding hydrogens is 219 g/mol. The van der Waals surface area contributed by atoms with Gasteiger partial charge in [0.15, 0.2) is 0 Å². The highest BCUT2D eigenvalue weighted by atomic mass is 32.1. The normalized spacial score (nSPS) is 11.0. The second kappa shape index (κ2) is 3.31. The number of carbonyl (C=O) groups is 1. The molecule has 0 aliphatic heterocycles. The Kier molecular flexibility index (Phi) is 2.49. The molecule has 0 radical (unpaired) electrons. The van der Waals surface area contributed by atoms with Gasteiger partial charge in [-0.15, -0.1) is 11.3 Å². The van der Waals surface area contributed by atoms with E-state index in [2.05, 4.69) is 0 Å². The Morgan fingerprint density at radius 2 is 2.14 bits per heavy atom. The van der Waals surface area contributed by atoms with Crippen LogP contribution in [0.5, 0.6) is 0 Å². The number of nitrogens with zero attached hydrogens (tertiary/aromatic N) is 1. The first-order valence-corrected chi connectivity index (χ1v) is 4.08. The monoisotopic (exact) mass is 221 g/mol. The van der Waals surface area contributed by atoms with Crippen LogP contribution >= 0.6 is 11.3 Å². The lowest BCUT2D eigenvalue weighted by Gasteiger charge is -2.05. The summed E-state index contributed by atoms with van der Waals surface area (Å²) in [6, 6.07) is 1.30. The molecule has 1 aromatic rings. The van der Waals surface area contributed by atoms with Crippen LogP contribution in [0.15, 0.2) is 5.38 Å². The zero-order valence-corrected chi connectivity index (χ0v) is 7.24. The summed E-state index contributed by atoms with van der Waals surface area (Å²) in [5.41, 5.74) is -2.02. The Bertz CT molecular complexity index is 416. The Labute approximate surface area is 80.0 Å². The van der Waals surface area contributed by atoms with Crippen molar-refractivity contribution >= 4 is 17.3 Å². The summed E-state index contributed by atoms with van der Waals surface area (Å²) in [4.78, 5) is 9.55. The number of hydrogen-bond acceptors (Lipinski definition) is 3. The number of halogens is 3. The average Bonchev–Trinajstić information content (AvgIpc) is 2.45. The van der Waals surface area contributed by atoms with Crippen LogP contribution < -0.4 is 0 Å². The number of thiophene rings is 1. The molecule has 7 heteroatoms. The molecule has 3 nitrogen and oxygen atoms in total. The average molecular weight is 221 g/mol. The smallest absolute Gasteiger partial charge is 0.419 e. The van der Waals surface area contributed by atoms with E-state index >= 15 is 0 Å². The Morgan fingerprint density at radius 3 is 2.50 bits per heavy atom. The van der Waals surface area contributed by atoms with Gasteiger partial charge in [0.05, 0.1) is 11.1 Å². The number of carboxylic acid groups (broad SMARTS) is 1. The van der Waals surface area contributed by atoms with Gasteiger partial charge in [-0.3, -0.25) is 0 Å². The summed E-state index contributed by atoms with van der Waals surface area (Å²) in [7, 11) is 0. The van der Waals surface area contributed by atoms with E-state index in [0.717, 1.165) is 5.38 Å². The summed E-state index contributed by atoms with van der Waals surface area (Å²) >= 11 is 0.394. The van der Waals surface area contributed by atoms with Gasteiger partial charge in [0.25, 0.3) is 0 Å². The van der Waals surface area contributed by atoms with Gasteiger partial charge in [-0.1, -0.05) is 0 Å². The number of nitriles is 1. The van der Waals surface area contributed by atoms with Crippen molar-refractivity contribution in [3.05, 3.63) is 21.4 Å². The molecular formula is C7H2F3NO2S. The lowest BCUT2D eigenvalue weighted by atomic mass is 10.1. The van der Waals surface area contributed by atoms with Crippen LogP contribution in [-0.4, -0.2) is 11.1 Å². The Balaban J connectivity index is 3.44. The lowest BCUT2D eigenvalue weighted by molar-refractivity contribution is -0.137. The van der Waals surface area contributed by atoms with Crippen molar-refractivity contribution in [3.8, 4) is 6.07 Å². The van der Waals surface area contributed by atoms with Gasteiger partial charge in [0.1, 0.15) is 10.9 Å². The topological polar surface area (TPSA) is 61.1 Å². The van der Waals surface area contributed by atoms with E-state index in [1.165, 1.54) is 6.07 Å². The maximum Gasteiger partial charge on any atom is 0.419 e.